The fraction of sp³-hybridized carbons (Fsp3) is 0.391. The highest BCUT2D eigenvalue weighted by Crippen LogP contribution is 2.54. The van der Waals surface area contributed by atoms with Gasteiger partial charge in [-0.15, -0.1) is 0 Å². The predicted molar refractivity (Wildman–Crippen MR) is 105 cm³/mol. The Hall–Kier alpha value is -2.80. The molecule has 4 heteroatoms. The van der Waals surface area contributed by atoms with E-state index < -0.39 is 10.8 Å². The lowest BCUT2D eigenvalue weighted by Crippen LogP contribution is -2.51. The lowest BCUT2D eigenvalue weighted by Gasteiger charge is -2.50. The molecule has 0 fully saturated rings. The lowest BCUT2D eigenvalue weighted by molar-refractivity contribution is -0.128. The summed E-state index contributed by atoms with van der Waals surface area (Å²) in [4.78, 5) is 25.9. The number of rotatable bonds is 1. The minimum Gasteiger partial charge on any atom is -0.307 e. The number of carbonyl (C=O) groups is 1. The van der Waals surface area contributed by atoms with Crippen LogP contribution in [0.2, 0.25) is 0 Å². The number of carbonyl (C=O) groups excluding carboxylic acids is 1. The zero-order chi connectivity index (χ0) is 19.4. The molecule has 0 saturated heterocycles. The summed E-state index contributed by atoms with van der Waals surface area (Å²) >= 11 is 0. The maximum Gasteiger partial charge on any atom is 0.226 e. The number of aromatic nitrogens is 2. The van der Waals surface area contributed by atoms with E-state index in [9.17, 15) is 4.79 Å². The van der Waals surface area contributed by atoms with Crippen LogP contribution >= 0.6 is 0 Å². The third-order valence-corrected chi connectivity index (χ3v) is 6.32. The number of hydrogen-bond donors (Lipinski definition) is 0. The van der Waals surface area contributed by atoms with Gasteiger partial charge in [0.05, 0.1) is 12.3 Å². The van der Waals surface area contributed by atoms with Crippen LogP contribution in [0.15, 0.2) is 42.2 Å². The molecule has 1 aromatic heterocycles. The van der Waals surface area contributed by atoms with Crippen molar-refractivity contribution in [3.05, 3.63) is 70.5 Å². The van der Waals surface area contributed by atoms with Crippen LogP contribution in [-0.2, 0) is 16.6 Å². The van der Waals surface area contributed by atoms with Crippen molar-refractivity contribution in [2.75, 3.05) is 0 Å². The monoisotopic (exact) mass is 357 g/mol. The van der Waals surface area contributed by atoms with E-state index >= 15 is 0 Å². The summed E-state index contributed by atoms with van der Waals surface area (Å²) in [5.74, 6) is 0.777. The number of hydrogen-bond acceptors (Lipinski definition) is 3. The molecule has 1 heterocycles. The minimum atomic E-state index is -0.574. The van der Waals surface area contributed by atoms with Gasteiger partial charge in [0.15, 0.2) is 11.6 Å². The molecular weight excluding hydrogens is 334 g/mol. The molecule has 1 aromatic carbocycles. The van der Waals surface area contributed by atoms with Crippen LogP contribution in [0.3, 0.4) is 0 Å². The average Bonchev–Trinajstić information content (AvgIpc) is 2.64. The van der Waals surface area contributed by atoms with Gasteiger partial charge in [0.2, 0.25) is 5.70 Å². The lowest BCUT2D eigenvalue weighted by atomic mass is 9.53. The van der Waals surface area contributed by atoms with Gasteiger partial charge in [-0.1, -0.05) is 50.6 Å². The SMILES string of the molecule is [C-]#[N+]C1=C[C@]2(C)c3nc(-c4cccc(C)c4)ncc3CC[C@H]2C(C)(C)C1=O. The Balaban J connectivity index is 1.93. The summed E-state index contributed by atoms with van der Waals surface area (Å²) in [5.41, 5.74) is 3.47. The highest BCUT2D eigenvalue weighted by atomic mass is 16.1. The third kappa shape index (κ3) is 2.53. The molecule has 0 spiro atoms. The van der Waals surface area contributed by atoms with Crippen LogP contribution in [0.4, 0.5) is 0 Å². The third-order valence-electron chi connectivity index (χ3n) is 6.32. The maximum absolute atomic E-state index is 12.8. The molecular formula is C23H23N3O. The molecule has 0 aliphatic heterocycles. The van der Waals surface area contributed by atoms with Gasteiger partial charge >= 0.3 is 0 Å². The summed E-state index contributed by atoms with van der Waals surface area (Å²) in [6.07, 6.45) is 5.55. The topological polar surface area (TPSA) is 47.2 Å². The minimum absolute atomic E-state index is 0.0450. The van der Waals surface area contributed by atoms with Crippen LogP contribution < -0.4 is 0 Å². The molecule has 4 rings (SSSR count). The zero-order valence-electron chi connectivity index (χ0n) is 16.2. The Bertz CT molecular complexity index is 1030. The van der Waals surface area contributed by atoms with E-state index in [1.54, 1.807) is 0 Å². The smallest absolute Gasteiger partial charge is 0.226 e. The standard InChI is InChI=1S/C23H23N3O/c1-14-7-6-8-15(11-14)21-25-13-16-9-10-18-22(2,3)20(27)17(24-5)12-23(18,4)19(16)26-21/h6-8,11-13,18H,9-10H2,1-4H3/t18-,23-/m0/s1. The number of aryl methyl sites for hydroxylation is 2. The van der Waals surface area contributed by atoms with Gasteiger partial charge in [0.25, 0.3) is 0 Å². The summed E-state index contributed by atoms with van der Waals surface area (Å²) in [6.45, 7) is 15.6. The Kier molecular flexibility index (Phi) is 3.82. The molecule has 0 N–H and O–H groups in total. The van der Waals surface area contributed by atoms with Gasteiger partial charge in [-0.05, 0) is 37.3 Å². The van der Waals surface area contributed by atoms with Crippen LogP contribution in [0.25, 0.3) is 16.2 Å². The second-order valence-corrected chi connectivity index (χ2v) is 8.50. The number of nitrogens with zero attached hydrogens (tertiary/aromatic N) is 3. The first-order chi connectivity index (χ1) is 12.8. The van der Waals surface area contributed by atoms with E-state index in [1.807, 2.05) is 38.3 Å². The average molecular weight is 357 g/mol. The van der Waals surface area contributed by atoms with E-state index in [-0.39, 0.29) is 17.4 Å². The number of Topliss-reactive ketones (excluding diaryl/α,β-unsaturated/α-hetero) is 1. The Morgan fingerprint density at radius 3 is 2.74 bits per heavy atom. The van der Waals surface area contributed by atoms with E-state index in [0.717, 1.165) is 35.2 Å². The molecule has 0 unspecified atom stereocenters. The van der Waals surface area contributed by atoms with Gasteiger partial charge in [-0.2, -0.15) is 0 Å². The van der Waals surface area contributed by atoms with E-state index in [0.29, 0.717) is 5.82 Å². The molecule has 2 aromatic rings. The number of benzene rings is 1. The number of ketones is 1. The molecule has 4 nitrogen and oxygen atoms in total. The number of fused-ring (bicyclic) bond motifs is 3. The summed E-state index contributed by atoms with van der Waals surface area (Å²) < 4.78 is 0. The van der Waals surface area contributed by atoms with Crippen molar-refractivity contribution in [2.45, 2.75) is 46.0 Å². The van der Waals surface area contributed by atoms with Gasteiger partial charge in [0, 0.05) is 22.6 Å². The highest BCUT2D eigenvalue weighted by Gasteiger charge is 2.54. The van der Waals surface area contributed by atoms with Crippen molar-refractivity contribution < 1.29 is 4.79 Å². The molecule has 2 aliphatic rings. The van der Waals surface area contributed by atoms with E-state index in [1.165, 1.54) is 0 Å². The predicted octanol–water partition coefficient (Wildman–Crippen LogP) is 4.68. The van der Waals surface area contributed by atoms with Gasteiger partial charge in [-0.3, -0.25) is 0 Å². The summed E-state index contributed by atoms with van der Waals surface area (Å²) in [7, 11) is 0. The van der Waals surface area contributed by atoms with Crippen LogP contribution in [0.1, 0.15) is 44.0 Å². The van der Waals surface area contributed by atoms with Crippen molar-refractivity contribution in [1.82, 2.24) is 9.97 Å². The Morgan fingerprint density at radius 1 is 1.26 bits per heavy atom. The second kappa shape index (κ2) is 5.85. The molecule has 0 saturated carbocycles. The molecule has 0 radical (unpaired) electrons. The Labute approximate surface area is 160 Å². The van der Waals surface area contributed by atoms with Crippen molar-refractivity contribution in [1.29, 1.82) is 0 Å². The molecule has 0 bridgehead atoms. The first-order valence-corrected chi connectivity index (χ1v) is 9.36. The van der Waals surface area contributed by atoms with Crippen LogP contribution in [0, 0.1) is 24.8 Å². The fourth-order valence-corrected chi connectivity index (χ4v) is 4.94. The van der Waals surface area contributed by atoms with Crippen LogP contribution in [0.5, 0.6) is 0 Å². The zero-order valence-corrected chi connectivity index (χ0v) is 16.2. The molecule has 27 heavy (non-hydrogen) atoms. The van der Waals surface area contributed by atoms with Gasteiger partial charge in [0.1, 0.15) is 0 Å². The van der Waals surface area contributed by atoms with Crippen molar-refractivity contribution >= 4 is 5.78 Å². The molecule has 0 amide bonds. The first-order valence-electron chi connectivity index (χ1n) is 9.36. The second-order valence-electron chi connectivity index (χ2n) is 8.50. The normalized spacial score (nSPS) is 25.8. The van der Waals surface area contributed by atoms with Crippen molar-refractivity contribution in [3.63, 3.8) is 0 Å². The number of allylic oxidation sites excluding steroid dienone is 2. The highest BCUT2D eigenvalue weighted by molar-refractivity contribution is 6.02. The van der Waals surface area contributed by atoms with E-state index in [4.69, 9.17) is 11.6 Å². The van der Waals surface area contributed by atoms with Crippen molar-refractivity contribution in [2.24, 2.45) is 11.3 Å². The quantitative estimate of drug-likeness (QED) is 0.696. The summed E-state index contributed by atoms with van der Waals surface area (Å²) in [5, 5.41) is 0. The maximum atomic E-state index is 12.8. The Morgan fingerprint density at radius 2 is 2.04 bits per heavy atom. The fourth-order valence-electron chi connectivity index (χ4n) is 4.94. The van der Waals surface area contributed by atoms with Crippen LogP contribution in [-0.4, -0.2) is 15.8 Å². The first kappa shape index (κ1) is 17.6. The van der Waals surface area contributed by atoms with Gasteiger partial charge < -0.3 is 4.79 Å². The molecule has 2 atom stereocenters. The largest absolute Gasteiger partial charge is 0.307 e. The van der Waals surface area contributed by atoms with E-state index in [2.05, 4.69) is 35.8 Å². The molecule has 136 valence electrons. The molecule has 2 aliphatic carbocycles. The van der Waals surface area contributed by atoms with Crippen molar-refractivity contribution in [3.8, 4) is 11.4 Å². The summed E-state index contributed by atoms with van der Waals surface area (Å²) in [6, 6.07) is 8.17. The van der Waals surface area contributed by atoms with Gasteiger partial charge in [-0.25, -0.2) is 14.8 Å².